The molecule has 1 aromatic carbocycles. The van der Waals surface area contributed by atoms with Gasteiger partial charge in [-0.25, -0.2) is 4.68 Å². The molecule has 2 amide bonds. The lowest BCUT2D eigenvalue weighted by Crippen LogP contribution is -2.42. The average Bonchev–Trinajstić information content (AvgIpc) is 2.90. The predicted molar refractivity (Wildman–Crippen MR) is 83.4 cm³/mol. The molecule has 0 saturated heterocycles. The molecule has 6 nitrogen and oxygen atoms in total. The van der Waals surface area contributed by atoms with E-state index in [1.165, 1.54) is 0 Å². The number of amides is 2. The maximum Gasteiger partial charge on any atom is 0.269 e. The number of aryl methyl sites for hydroxylation is 1. The first kappa shape index (κ1) is 15.8. The van der Waals surface area contributed by atoms with Crippen molar-refractivity contribution in [2.24, 2.45) is 5.92 Å². The van der Waals surface area contributed by atoms with Crippen LogP contribution < -0.4 is 10.9 Å². The van der Waals surface area contributed by atoms with Crippen LogP contribution in [0.2, 0.25) is 0 Å². The normalized spacial score (nSPS) is 10.5. The Balaban J connectivity index is 1.97. The van der Waals surface area contributed by atoms with E-state index in [1.54, 1.807) is 23.0 Å². The van der Waals surface area contributed by atoms with Gasteiger partial charge in [0, 0.05) is 23.9 Å². The standard InChI is InChI=1S/C16H20N4O2/c1-11(2)10-15(21)18-19-16(22)13-4-6-14(7-5-13)20-12(3)8-9-17-20/h4-9,11H,10H2,1-3H3,(H,18,21)(H,19,22). The van der Waals surface area contributed by atoms with E-state index in [0.717, 1.165) is 11.4 Å². The zero-order chi connectivity index (χ0) is 16.1. The molecule has 0 unspecified atom stereocenters. The number of aromatic nitrogens is 2. The van der Waals surface area contributed by atoms with Crippen molar-refractivity contribution < 1.29 is 9.59 Å². The highest BCUT2D eigenvalue weighted by molar-refractivity contribution is 5.95. The monoisotopic (exact) mass is 300 g/mol. The van der Waals surface area contributed by atoms with Crippen LogP contribution >= 0.6 is 0 Å². The molecule has 1 aromatic heterocycles. The van der Waals surface area contributed by atoms with Crippen LogP contribution in [-0.4, -0.2) is 21.6 Å². The zero-order valence-corrected chi connectivity index (χ0v) is 13.0. The van der Waals surface area contributed by atoms with Crippen molar-refractivity contribution in [3.63, 3.8) is 0 Å². The molecular weight excluding hydrogens is 280 g/mol. The maximum atomic E-state index is 12.0. The number of benzene rings is 1. The largest absolute Gasteiger partial charge is 0.273 e. The first-order valence-electron chi connectivity index (χ1n) is 7.17. The quantitative estimate of drug-likeness (QED) is 0.848. The summed E-state index contributed by atoms with van der Waals surface area (Å²) in [6, 6.07) is 8.92. The highest BCUT2D eigenvalue weighted by Gasteiger charge is 2.09. The lowest BCUT2D eigenvalue weighted by molar-refractivity contribution is -0.122. The second-order valence-electron chi connectivity index (χ2n) is 5.53. The van der Waals surface area contributed by atoms with Crippen molar-refractivity contribution in [3.05, 3.63) is 47.8 Å². The Morgan fingerprint density at radius 3 is 2.36 bits per heavy atom. The highest BCUT2D eigenvalue weighted by atomic mass is 16.2. The summed E-state index contributed by atoms with van der Waals surface area (Å²) in [5, 5.41) is 4.21. The average molecular weight is 300 g/mol. The third-order valence-corrected chi connectivity index (χ3v) is 3.12. The van der Waals surface area contributed by atoms with Gasteiger partial charge >= 0.3 is 0 Å². The Hall–Kier alpha value is -2.63. The zero-order valence-electron chi connectivity index (χ0n) is 13.0. The fourth-order valence-corrected chi connectivity index (χ4v) is 2.01. The third kappa shape index (κ3) is 3.94. The molecule has 2 rings (SSSR count). The number of carbonyl (C=O) groups excluding carboxylic acids is 2. The molecule has 0 fully saturated rings. The van der Waals surface area contributed by atoms with Crippen molar-refractivity contribution >= 4 is 11.8 Å². The second kappa shape index (κ2) is 6.89. The lowest BCUT2D eigenvalue weighted by atomic mass is 10.1. The number of rotatable bonds is 4. The molecule has 0 aliphatic carbocycles. The van der Waals surface area contributed by atoms with Crippen molar-refractivity contribution in [3.8, 4) is 5.69 Å². The predicted octanol–water partition coefficient (Wildman–Crippen LogP) is 1.99. The van der Waals surface area contributed by atoms with E-state index in [4.69, 9.17) is 0 Å². The van der Waals surface area contributed by atoms with E-state index in [2.05, 4.69) is 16.0 Å². The molecular formula is C16H20N4O2. The molecule has 0 aliphatic rings. The number of nitrogens with zero attached hydrogens (tertiary/aromatic N) is 2. The Labute approximate surface area is 129 Å². The summed E-state index contributed by atoms with van der Waals surface area (Å²) in [7, 11) is 0. The molecule has 22 heavy (non-hydrogen) atoms. The van der Waals surface area contributed by atoms with Gasteiger partial charge in [0.2, 0.25) is 5.91 Å². The van der Waals surface area contributed by atoms with Crippen molar-refractivity contribution in [1.29, 1.82) is 0 Å². The van der Waals surface area contributed by atoms with Crippen molar-refractivity contribution in [1.82, 2.24) is 20.6 Å². The van der Waals surface area contributed by atoms with Gasteiger partial charge in [-0.2, -0.15) is 5.10 Å². The Morgan fingerprint density at radius 2 is 1.82 bits per heavy atom. The number of hydrazine groups is 1. The van der Waals surface area contributed by atoms with Gasteiger partial charge in [-0.15, -0.1) is 0 Å². The SMILES string of the molecule is Cc1ccnn1-c1ccc(C(=O)NNC(=O)CC(C)C)cc1. The van der Waals surface area contributed by atoms with Crippen LogP contribution in [0.5, 0.6) is 0 Å². The summed E-state index contributed by atoms with van der Waals surface area (Å²) >= 11 is 0. The lowest BCUT2D eigenvalue weighted by Gasteiger charge is -2.09. The van der Waals surface area contributed by atoms with E-state index >= 15 is 0 Å². The van der Waals surface area contributed by atoms with Gasteiger partial charge in [0.25, 0.3) is 5.91 Å². The molecule has 6 heteroatoms. The van der Waals surface area contributed by atoms with E-state index in [-0.39, 0.29) is 17.7 Å². The molecule has 0 spiro atoms. The maximum absolute atomic E-state index is 12.0. The number of carbonyl (C=O) groups is 2. The van der Waals surface area contributed by atoms with E-state index in [1.807, 2.05) is 39.0 Å². The molecule has 116 valence electrons. The molecule has 0 saturated carbocycles. The van der Waals surface area contributed by atoms with Gasteiger partial charge in [0.05, 0.1) is 5.69 Å². The minimum atomic E-state index is -0.346. The molecule has 0 aliphatic heterocycles. The first-order chi connectivity index (χ1) is 10.5. The van der Waals surface area contributed by atoms with Crippen LogP contribution in [-0.2, 0) is 4.79 Å². The molecule has 2 N–H and O–H groups in total. The molecule has 0 radical (unpaired) electrons. The van der Waals surface area contributed by atoms with Gasteiger partial charge in [0.1, 0.15) is 0 Å². The van der Waals surface area contributed by atoms with Crippen LogP contribution in [0.25, 0.3) is 5.69 Å². The summed E-state index contributed by atoms with van der Waals surface area (Å²) < 4.78 is 1.78. The summed E-state index contributed by atoms with van der Waals surface area (Å²) in [5.74, 6) is -0.304. The van der Waals surface area contributed by atoms with Crippen LogP contribution in [0.15, 0.2) is 36.5 Å². The molecule has 0 atom stereocenters. The first-order valence-corrected chi connectivity index (χ1v) is 7.17. The van der Waals surface area contributed by atoms with Crippen LogP contribution in [0, 0.1) is 12.8 Å². The summed E-state index contributed by atoms with van der Waals surface area (Å²) in [6.07, 6.45) is 2.10. The number of hydrogen-bond donors (Lipinski definition) is 2. The second-order valence-corrected chi connectivity index (χ2v) is 5.53. The van der Waals surface area contributed by atoms with Crippen LogP contribution in [0.3, 0.4) is 0 Å². The third-order valence-electron chi connectivity index (χ3n) is 3.12. The summed E-state index contributed by atoms with van der Waals surface area (Å²) in [6.45, 7) is 5.84. The van der Waals surface area contributed by atoms with Crippen molar-refractivity contribution in [2.45, 2.75) is 27.2 Å². The van der Waals surface area contributed by atoms with Crippen LogP contribution in [0.4, 0.5) is 0 Å². The molecule has 2 aromatic rings. The van der Waals surface area contributed by atoms with E-state index < -0.39 is 0 Å². The Bertz CT molecular complexity index is 659. The van der Waals surface area contributed by atoms with Gasteiger partial charge in [-0.05, 0) is 43.2 Å². The summed E-state index contributed by atoms with van der Waals surface area (Å²) in [4.78, 5) is 23.5. The fraction of sp³-hybridized carbons (Fsp3) is 0.312. The van der Waals surface area contributed by atoms with Gasteiger partial charge in [-0.3, -0.25) is 20.4 Å². The topological polar surface area (TPSA) is 76.0 Å². The number of hydrogen-bond acceptors (Lipinski definition) is 3. The Kier molecular flexibility index (Phi) is 4.93. The minimum Gasteiger partial charge on any atom is -0.273 e. The fourth-order valence-electron chi connectivity index (χ4n) is 2.01. The molecule has 0 bridgehead atoms. The van der Waals surface area contributed by atoms with Gasteiger partial charge < -0.3 is 0 Å². The van der Waals surface area contributed by atoms with Crippen molar-refractivity contribution in [2.75, 3.05) is 0 Å². The van der Waals surface area contributed by atoms with Gasteiger partial charge in [0.15, 0.2) is 0 Å². The Morgan fingerprint density at radius 1 is 1.14 bits per heavy atom. The summed E-state index contributed by atoms with van der Waals surface area (Å²) in [5.41, 5.74) is 7.18. The smallest absolute Gasteiger partial charge is 0.269 e. The van der Waals surface area contributed by atoms with E-state index in [0.29, 0.717) is 12.0 Å². The van der Waals surface area contributed by atoms with E-state index in [9.17, 15) is 9.59 Å². The van der Waals surface area contributed by atoms with Crippen LogP contribution in [0.1, 0.15) is 36.3 Å². The minimum absolute atomic E-state index is 0.202. The molecule has 1 heterocycles. The highest BCUT2D eigenvalue weighted by Crippen LogP contribution is 2.11. The number of nitrogens with one attached hydrogen (secondary N) is 2. The van der Waals surface area contributed by atoms with Gasteiger partial charge in [-0.1, -0.05) is 13.8 Å².